The number of carbonyl (C=O) groups excluding carboxylic acids is 1. The first-order valence-corrected chi connectivity index (χ1v) is 7.31. The number of nitrogens with zero attached hydrogens (tertiary/aromatic N) is 2. The van der Waals surface area contributed by atoms with Gasteiger partial charge in [0.2, 0.25) is 5.67 Å². The molecule has 0 aromatic carbocycles. The summed E-state index contributed by atoms with van der Waals surface area (Å²) in [4.78, 5) is 17.7. The van der Waals surface area contributed by atoms with Crippen LogP contribution in [0.5, 0.6) is 0 Å². The number of primary amides is 1. The molecule has 7 heteroatoms. The number of aliphatic hydroxyl groups is 1. The maximum Gasteiger partial charge on any atom is 0.259 e. The van der Waals surface area contributed by atoms with Crippen LogP contribution in [0.4, 0.5) is 4.39 Å². The van der Waals surface area contributed by atoms with Crippen molar-refractivity contribution in [1.82, 2.24) is 9.88 Å². The molecule has 0 radical (unpaired) electrons. The Labute approximate surface area is 128 Å². The lowest BCUT2D eigenvalue weighted by Gasteiger charge is -2.45. The van der Waals surface area contributed by atoms with Crippen molar-refractivity contribution < 1.29 is 19.0 Å². The second-order valence-electron chi connectivity index (χ2n) is 6.15. The van der Waals surface area contributed by atoms with Gasteiger partial charge in [-0.05, 0) is 18.9 Å². The van der Waals surface area contributed by atoms with Crippen LogP contribution >= 0.6 is 0 Å². The molecule has 2 atom stereocenters. The fraction of sp³-hybridized carbons (Fsp3) is 0.600. The molecule has 2 aliphatic rings. The van der Waals surface area contributed by atoms with Crippen LogP contribution in [0.25, 0.3) is 0 Å². The summed E-state index contributed by atoms with van der Waals surface area (Å²) in [6.45, 7) is 1.78. The largest absolute Gasteiger partial charge is 0.382 e. The molecule has 0 saturated carbocycles. The Morgan fingerprint density at radius 3 is 2.95 bits per heavy atom. The minimum absolute atomic E-state index is 0.0834. The highest BCUT2D eigenvalue weighted by Gasteiger charge is 2.52. The molecule has 2 unspecified atom stereocenters. The van der Waals surface area contributed by atoms with E-state index < -0.39 is 17.2 Å². The highest BCUT2D eigenvalue weighted by Crippen LogP contribution is 2.45. The molecule has 1 amide bonds. The number of methoxy groups -OCH3 is 1. The number of fused-ring (bicyclic) bond motifs is 1. The van der Waals surface area contributed by atoms with Crippen LogP contribution in [-0.2, 0) is 20.8 Å². The zero-order valence-electron chi connectivity index (χ0n) is 12.5. The van der Waals surface area contributed by atoms with Crippen molar-refractivity contribution in [2.75, 3.05) is 26.7 Å². The van der Waals surface area contributed by atoms with Gasteiger partial charge < -0.3 is 15.6 Å². The average molecular weight is 309 g/mol. The first-order chi connectivity index (χ1) is 10.4. The summed E-state index contributed by atoms with van der Waals surface area (Å²) in [6, 6.07) is 3.03. The molecule has 0 bridgehead atoms. The SMILES string of the molecule is COC1CN(CC2(O)CCC(F)(C(N)=O)c3cccnc32)C1. The molecule has 1 saturated heterocycles. The Morgan fingerprint density at radius 2 is 2.32 bits per heavy atom. The van der Waals surface area contributed by atoms with Crippen molar-refractivity contribution in [3.8, 4) is 0 Å². The zero-order valence-corrected chi connectivity index (χ0v) is 12.5. The van der Waals surface area contributed by atoms with Gasteiger partial charge in [0.1, 0.15) is 5.60 Å². The quantitative estimate of drug-likeness (QED) is 0.820. The minimum Gasteiger partial charge on any atom is -0.382 e. The molecule has 0 spiro atoms. The summed E-state index contributed by atoms with van der Waals surface area (Å²) in [6.07, 6.45) is 1.62. The highest BCUT2D eigenvalue weighted by atomic mass is 19.1. The first kappa shape index (κ1) is 15.3. The molecule has 1 aromatic heterocycles. The lowest BCUT2D eigenvalue weighted by Crippen LogP contribution is -2.58. The maximum absolute atomic E-state index is 14.9. The van der Waals surface area contributed by atoms with Gasteiger partial charge in [-0.1, -0.05) is 6.07 Å². The normalized spacial score (nSPS) is 32.3. The number of ether oxygens (including phenoxy) is 1. The van der Waals surface area contributed by atoms with Crippen LogP contribution in [0.1, 0.15) is 24.1 Å². The van der Waals surface area contributed by atoms with Crippen LogP contribution in [0.2, 0.25) is 0 Å². The van der Waals surface area contributed by atoms with Gasteiger partial charge in [-0.3, -0.25) is 14.7 Å². The van der Waals surface area contributed by atoms with E-state index in [4.69, 9.17) is 10.5 Å². The molecule has 120 valence electrons. The van der Waals surface area contributed by atoms with Crippen molar-refractivity contribution in [3.63, 3.8) is 0 Å². The van der Waals surface area contributed by atoms with E-state index >= 15 is 0 Å². The van der Waals surface area contributed by atoms with Crippen LogP contribution in [-0.4, -0.2) is 53.7 Å². The predicted molar refractivity (Wildman–Crippen MR) is 76.6 cm³/mol. The third-order valence-electron chi connectivity index (χ3n) is 4.69. The molecule has 1 aliphatic carbocycles. The summed E-state index contributed by atoms with van der Waals surface area (Å²) in [5.74, 6) is -1.04. The number of alkyl halides is 1. The van der Waals surface area contributed by atoms with Gasteiger partial charge in [-0.2, -0.15) is 0 Å². The van der Waals surface area contributed by atoms with Gasteiger partial charge in [-0.15, -0.1) is 0 Å². The third-order valence-corrected chi connectivity index (χ3v) is 4.69. The second-order valence-corrected chi connectivity index (χ2v) is 6.15. The summed E-state index contributed by atoms with van der Waals surface area (Å²) in [7, 11) is 1.65. The molecule has 2 heterocycles. The molecule has 3 N–H and O–H groups in total. The van der Waals surface area contributed by atoms with Crippen molar-refractivity contribution in [2.24, 2.45) is 5.73 Å². The topological polar surface area (TPSA) is 88.7 Å². The maximum atomic E-state index is 14.9. The smallest absolute Gasteiger partial charge is 0.259 e. The number of halogens is 1. The lowest BCUT2D eigenvalue weighted by molar-refractivity contribution is -0.135. The van der Waals surface area contributed by atoms with Crippen molar-refractivity contribution >= 4 is 5.91 Å². The first-order valence-electron chi connectivity index (χ1n) is 7.31. The van der Waals surface area contributed by atoms with Crippen molar-refractivity contribution in [1.29, 1.82) is 0 Å². The van der Waals surface area contributed by atoms with Crippen LogP contribution in [0.15, 0.2) is 18.3 Å². The van der Waals surface area contributed by atoms with Gasteiger partial charge in [0, 0.05) is 38.5 Å². The number of hydrogen-bond acceptors (Lipinski definition) is 5. The Kier molecular flexibility index (Phi) is 3.66. The van der Waals surface area contributed by atoms with E-state index in [0.717, 1.165) is 13.1 Å². The van der Waals surface area contributed by atoms with Gasteiger partial charge >= 0.3 is 0 Å². The average Bonchev–Trinajstić information content (AvgIpc) is 2.47. The number of nitrogens with two attached hydrogens (primary N) is 1. The van der Waals surface area contributed by atoms with E-state index in [1.54, 1.807) is 13.2 Å². The number of rotatable bonds is 4. The van der Waals surface area contributed by atoms with Crippen molar-refractivity contribution in [2.45, 2.75) is 30.2 Å². The third kappa shape index (κ3) is 2.29. The summed E-state index contributed by atoms with van der Waals surface area (Å²) in [5.41, 5.74) is 1.98. The molecular formula is C15H20FN3O3. The molecular weight excluding hydrogens is 289 g/mol. The molecule has 3 rings (SSSR count). The monoisotopic (exact) mass is 309 g/mol. The minimum atomic E-state index is -2.26. The molecule has 6 nitrogen and oxygen atoms in total. The van der Waals surface area contributed by atoms with E-state index in [9.17, 15) is 14.3 Å². The van der Waals surface area contributed by atoms with Crippen LogP contribution in [0, 0.1) is 0 Å². The number of likely N-dealkylation sites (tertiary alicyclic amines) is 1. The fourth-order valence-corrected chi connectivity index (χ4v) is 3.31. The molecule has 22 heavy (non-hydrogen) atoms. The van der Waals surface area contributed by atoms with Gasteiger partial charge in [0.15, 0.2) is 0 Å². The zero-order chi connectivity index (χ0) is 16.0. The van der Waals surface area contributed by atoms with Crippen LogP contribution < -0.4 is 5.73 Å². The molecule has 1 fully saturated rings. The van der Waals surface area contributed by atoms with Gasteiger partial charge in [0.05, 0.1) is 11.8 Å². The van der Waals surface area contributed by atoms with E-state index in [-0.39, 0.29) is 30.2 Å². The molecule has 1 aromatic rings. The Balaban J connectivity index is 1.89. The highest BCUT2D eigenvalue weighted by molar-refractivity contribution is 5.85. The lowest BCUT2D eigenvalue weighted by atomic mass is 9.74. The van der Waals surface area contributed by atoms with E-state index in [1.807, 2.05) is 4.90 Å². The second kappa shape index (κ2) is 5.26. The number of amides is 1. The number of carbonyl (C=O) groups is 1. The molecule has 1 aliphatic heterocycles. The van der Waals surface area contributed by atoms with Crippen molar-refractivity contribution in [3.05, 3.63) is 29.6 Å². The number of hydrogen-bond donors (Lipinski definition) is 2. The Morgan fingerprint density at radius 1 is 1.59 bits per heavy atom. The summed E-state index contributed by atoms with van der Waals surface area (Å²) >= 11 is 0. The predicted octanol–water partition coefficient (Wildman–Crippen LogP) is 0.0437. The summed E-state index contributed by atoms with van der Waals surface area (Å²) < 4.78 is 20.1. The number of aromatic nitrogens is 1. The van der Waals surface area contributed by atoms with E-state index in [1.165, 1.54) is 12.3 Å². The number of pyridine rings is 1. The van der Waals surface area contributed by atoms with Gasteiger partial charge in [0.25, 0.3) is 5.91 Å². The standard InChI is InChI=1S/C15H20FN3O3/c1-22-10-7-19(8-10)9-14(21)4-5-15(16,13(17)20)11-3-2-6-18-12(11)14/h2-3,6,10,21H,4-5,7-9H2,1H3,(H2,17,20). The Hall–Kier alpha value is -1.57. The van der Waals surface area contributed by atoms with E-state index in [0.29, 0.717) is 6.54 Å². The summed E-state index contributed by atoms with van der Waals surface area (Å²) in [5, 5.41) is 11.0. The Bertz CT molecular complexity index is 593. The number of β-amino-alcohol motifs (C(OH)–C–C–N with tert-alkyl or cyclic N) is 1. The van der Waals surface area contributed by atoms with Crippen LogP contribution in [0.3, 0.4) is 0 Å². The fourth-order valence-electron chi connectivity index (χ4n) is 3.31. The van der Waals surface area contributed by atoms with E-state index in [2.05, 4.69) is 4.98 Å². The van der Waals surface area contributed by atoms with Gasteiger partial charge in [-0.25, -0.2) is 4.39 Å².